The molecule has 2 N–H and O–H groups in total. The van der Waals surface area contributed by atoms with Crippen LogP contribution < -0.4 is 11.2 Å². The zero-order valence-corrected chi connectivity index (χ0v) is 20.1. The van der Waals surface area contributed by atoms with Crippen LogP contribution in [-0.4, -0.2) is 19.1 Å². The fraction of sp³-hybridized carbons (Fsp3) is 0. The van der Waals surface area contributed by atoms with E-state index in [1.807, 2.05) is 24.3 Å². The van der Waals surface area contributed by atoms with Crippen molar-refractivity contribution >= 4 is 54.5 Å². The Balaban J connectivity index is 1.63. The number of aromatic amines is 2. The summed E-state index contributed by atoms with van der Waals surface area (Å²) in [4.78, 5) is 29.7. The molecule has 0 fully saturated rings. The zero-order chi connectivity index (χ0) is 25.4. The molecule has 0 spiro atoms. The lowest BCUT2D eigenvalue weighted by Crippen LogP contribution is -2.21. The van der Waals surface area contributed by atoms with Gasteiger partial charge in [-0.25, -0.2) is 4.79 Å². The highest BCUT2D eigenvalue weighted by molar-refractivity contribution is 6.23. The Morgan fingerprint density at radius 1 is 0.474 bits per heavy atom. The van der Waals surface area contributed by atoms with Crippen molar-refractivity contribution in [2.24, 2.45) is 0 Å². The highest BCUT2D eigenvalue weighted by atomic mass is 16.2. The minimum absolute atomic E-state index is 0.407. The first-order valence-electron chi connectivity index (χ1n) is 12.5. The van der Waals surface area contributed by atoms with Crippen molar-refractivity contribution in [2.75, 3.05) is 0 Å². The smallest absolute Gasteiger partial charge is 0.307 e. The third kappa shape index (κ3) is 2.77. The first-order valence-corrected chi connectivity index (χ1v) is 12.5. The number of nitrogens with zero attached hydrogens (tertiary/aromatic N) is 2. The number of hydrogen-bond donors (Lipinski definition) is 2. The summed E-state index contributed by atoms with van der Waals surface area (Å²) in [5.41, 5.74) is 5.84. The number of hydrogen-bond acceptors (Lipinski definition) is 2. The Bertz CT molecular complexity index is 2340. The molecule has 0 amide bonds. The first kappa shape index (κ1) is 20.8. The van der Waals surface area contributed by atoms with Crippen molar-refractivity contribution in [3.8, 4) is 11.4 Å². The maximum absolute atomic E-state index is 12.7. The van der Waals surface area contributed by atoms with E-state index in [9.17, 15) is 9.59 Å². The Kier molecular flexibility index (Phi) is 4.14. The van der Waals surface area contributed by atoms with Crippen molar-refractivity contribution in [1.82, 2.24) is 19.1 Å². The van der Waals surface area contributed by atoms with Gasteiger partial charge in [0, 0.05) is 32.9 Å². The minimum atomic E-state index is -0.513. The topological polar surface area (TPSA) is 75.6 Å². The van der Waals surface area contributed by atoms with Crippen LogP contribution in [0.1, 0.15) is 0 Å². The van der Waals surface area contributed by atoms with Crippen LogP contribution in [-0.2, 0) is 0 Å². The summed E-state index contributed by atoms with van der Waals surface area (Å²) in [7, 11) is 0. The van der Waals surface area contributed by atoms with E-state index < -0.39 is 11.2 Å². The molecular weight excluding hydrogens is 472 g/mol. The van der Waals surface area contributed by atoms with Gasteiger partial charge in [-0.1, -0.05) is 66.7 Å². The van der Waals surface area contributed by atoms with Crippen molar-refractivity contribution in [2.45, 2.75) is 0 Å². The molecular formula is C32H20N4O2. The van der Waals surface area contributed by atoms with Crippen LogP contribution in [0.4, 0.5) is 0 Å². The molecule has 0 saturated carbocycles. The predicted molar refractivity (Wildman–Crippen MR) is 154 cm³/mol. The van der Waals surface area contributed by atoms with Gasteiger partial charge in [-0.2, -0.15) is 0 Å². The fourth-order valence-electron chi connectivity index (χ4n) is 5.91. The van der Waals surface area contributed by atoms with E-state index in [-0.39, 0.29) is 0 Å². The molecule has 0 unspecified atom stereocenters. The predicted octanol–water partition coefficient (Wildman–Crippen LogP) is 6.41. The van der Waals surface area contributed by atoms with E-state index in [1.54, 1.807) is 6.07 Å². The van der Waals surface area contributed by atoms with Crippen molar-refractivity contribution < 1.29 is 0 Å². The third-order valence-electron chi connectivity index (χ3n) is 7.46. The molecule has 0 aliphatic rings. The molecule has 0 aliphatic heterocycles. The number of fused-ring (bicyclic) bond motifs is 8. The number of nitrogens with one attached hydrogen (secondary N) is 2. The van der Waals surface area contributed by atoms with E-state index in [0.29, 0.717) is 10.9 Å². The second-order valence-corrected chi connectivity index (χ2v) is 9.54. The van der Waals surface area contributed by atoms with Crippen molar-refractivity contribution in [3.05, 3.63) is 130 Å². The van der Waals surface area contributed by atoms with E-state index in [2.05, 4.69) is 98.0 Å². The van der Waals surface area contributed by atoms with Gasteiger partial charge in [0.1, 0.15) is 0 Å². The molecule has 6 nitrogen and oxygen atoms in total. The van der Waals surface area contributed by atoms with Gasteiger partial charge < -0.3 is 14.1 Å². The average molecular weight is 493 g/mol. The first-order chi connectivity index (χ1) is 18.7. The molecule has 0 bridgehead atoms. The number of rotatable bonds is 2. The Hall–Kier alpha value is -5.36. The Labute approximate surface area is 215 Å². The van der Waals surface area contributed by atoms with Gasteiger partial charge in [0.25, 0.3) is 5.56 Å². The Morgan fingerprint density at radius 2 is 1.05 bits per heavy atom. The number of para-hydroxylation sites is 3. The molecule has 3 heterocycles. The Morgan fingerprint density at radius 3 is 1.71 bits per heavy atom. The summed E-state index contributed by atoms with van der Waals surface area (Å²) in [6.07, 6.45) is 0. The maximum atomic E-state index is 12.7. The normalized spacial score (nSPS) is 11.9. The average Bonchev–Trinajstić information content (AvgIpc) is 3.46. The number of benzene rings is 5. The van der Waals surface area contributed by atoms with Crippen LogP contribution in [0.25, 0.3) is 65.9 Å². The van der Waals surface area contributed by atoms with Gasteiger partial charge in [0.2, 0.25) is 0 Å². The van der Waals surface area contributed by atoms with Crippen LogP contribution in [0.15, 0.2) is 119 Å². The molecule has 6 heteroatoms. The zero-order valence-electron chi connectivity index (χ0n) is 20.1. The van der Waals surface area contributed by atoms with E-state index in [0.717, 1.165) is 49.6 Å². The molecule has 3 aromatic heterocycles. The molecule has 38 heavy (non-hydrogen) atoms. The molecule has 0 radical (unpaired) electrons. The molecule has 0 saturated heterocycles. The second-order valence-electron chi connectivity index (χ2n) is 9.54. The largest absolute Gasteiger partial charge is 0.326 e. The molecule has 8 rings (SSSR count). The molecule has 0 atom stereocenters. The van der Waals surface area contributed by atoms with Crippen LogP contribution in [0.3, 0.4) is 0 Å². The van der Waals surface area contributed by atoms with Gasteiger partial charge >= 0.3 is 5.69 Å². The highest BCUT2D eigenvalue weighted by Gasteiger charge is 2.21. The fourth-order valence-corrected chi connectivity index (χ4v) is 5.91. The molecule has 8 aromatic rings. The maximum Gasteiger partial charge on any atom is 0.326 e. The van der Waals surface area contributed by atoms with Gasteiger partial charge in [-0.3, -0.25) is 9.78 Å². The van der Waals surface area contributed by atoms with E-state index >= 15 is 0 Å². The lowest BCUT2D eigenvalue weighted by Gasteiger charge is -2.13. The van der Waals surface area contributed by atoms with Crippen molar-refractivity contribution in [1.29, 1.82) is 0 Å². The summed E-state index contributed by atoms with van der Waals surface area (Å²) in [6, 6.07) is 37.2. The second kappa shape index (κ2) is 7.57. The summed E-state index contributed by atoms with van der Waals surface area (Å²) in [6.45, 7) is 0. The number of H-pyrrole nitrogens is 2. The summed E-state index contributed by atoms with van der Waals surface area (Å²) < 4.78 is 4.56. The van der Waals surface area contributed by atoms with Crippen molar-refractivity contribution in [3.63, 3.8) is 0 Å². The molecule has 5 aromatic carbocycles. The summed E-state index contributed by atoms with van der Waals surface area (Å²) in [5, 5.41) is 5.03. The third-order valence-corrected chi connectivity index (χ3v) is 7.46. The quantitative estimate of drug-likeness (QED) is 0.293. The van der Waals surface area contributed by atoms with E-state index in [1.165, 1.54) is 5.39 Å². The van der Waals surface area contributed by atoms with Crippen LogP contribution in [0, 0.1) is 0 Å². The van der Waals surface area contributed by atoms with Gasteiger partial charge in [0.15, 0.2) is 0 Å². The summed E-state index contributed by atoms with van der Waals surface area (Å²) >= 11 is 0. The molecule has 180 valence electrons. The van der Waals surface area contributed by atoms with E-state index in [4.69, 9.17) is 0 Å². The SMILES string of the molecule is O=c1[nH]c(=O)c2cc(-n3c4ccccc4c4ccc5c6ccccc6n(-c6ccccc6)c5c43)ccc2[nH]1. The minimum Gasteiger partial charge on any atom is -0.307 e. The van der Waals surface area contributed by atoms with Gasteiger partial charge in [-0.15, -0.1) is 0 Å². The highest BCUT2D eigenvalue weighted by Crippen LogP contribution is 2.41. The summed E-state index contributed by atoms with van der Waals surface area (Å²) in [5.74, 6) is 0. The lowest BCUT2D eigenvalue weighted by molar-refractivity contribution is 1.08. The van der Waals surface area contributed by atoms with Crippen LogP contribution >= 0.6 is 0 Å². The monoisotopic (exact) mass is 492 g/mol. The standard InChI is InChI=1S/C32H20N4O2/c37-31-25-18-20(14-17-26(25)33-32(38)34-31)36-28-13-7-5-11-22(28)24-16-15-23-21-10-4-6-12-27(21)35(29(23)30(24)36)19-8-2-1-3-9-19/h1-18H,(H2,33,34,37,38). The van der Waals surface area contributed by atoms with Gasteiger partial charge in [0.05, 0.1) is 33.0 Å². The lowest BCUT2D eigenvalue weighted by atomic mass is 10.1. The van der Waals surface area contributed by atoms with Crippen LogP contribution in [0.5, 0.6) is 0 Å². The number of aromatic nitrogens is 4. The molecule has 0 aliphatic carbocycles. The van der Waals surface area contributed by atoms with Gasteiger partial charge in [-0.05, 0) is 42.5 Å². The van der Waals surface area contributed by atoms with Crippen LogP contribution in [0.2, 0.25) is 0 Å².